The number of anilines is 1. The van der Waals surface area contributed by atoms with E-state index in [-0.39, 0.29) is 0 Å². The van der Waals surface area contributed by atoms with Crippen molar-refractivity contribution >= 4 is 5.69 Å². The van der Waals surface area contributed by atoms with Crippen LogP contribution in [0.2, 0.25) is 0 Å². The molecule has 1 aliphatic rings. The summed E-state index contributed by atoms with van der Waals surface area (Å²) in [7, 11) is 0. The number of fused-ring (bicyclic) bond motifs is 1. The molecule has 80 valence electrons. The average molecular weight is 210 g/mol. The Labute approximate surface area is 95.3 Å². The van der Waals surface area contributed by atoms with Crippen molar-refractivity contribution in [2.75, 3.05) is 11.9 Å². The van der Waals surface area contributed by atoms with E-state index in [1.54, 1.807) is 0 Å². The Hall–Kier alpha value is -1.83. The summed E-state index contributed by atoms with van der Waals surface area (Å²) in [5.41, 5.74) is 5.43. The highest BCUT2D eigenvalue weighted by atomic mass is 14.9. The van der Waals surface area contributed by atoms with Crippen molar-refractivity contribution in [2.45, 2.75) is 12.8 Å². The number of rotatable bonds is 2. The summed E-state index contributed by atoms with van der Waals surface area (Å²) in [4.78, 5) is 4.03. The highest BCUT2D eigenvalue weighted by Gasteiger charge is 2.09. The van der Waals surface area contributed by atoms with Gasteiger partial charge in [-0.05, 0) is 47.7 Å². The molecule has 0 amide bonds. The standard InChI is InChI=1S/C14H14N2/c1-2-13-5-8-16-14(13)10-12(1)9-11-3-6-15-7-4-11/h1-4,6-7,10,16H,5,8-9H2. The van der Waals surface area contributed by atoms with Crippen molar-refractivity contribution in [1.29, 1.82) is 0 Å². The van der Waals surface area contributed by atoms with Crippen LogP contribution >= 0.6 is 0 Å². The van der Waals surface area contributed by atoms with Gasteiger partial charge in [0.05, 0.1) is 0 Å². The number of pyridine rings is 1. The summed E-state index contributed by atoms with van der Waals surface area (Å²) in [6.45, 7) is 1.08. The van der Waals surface area contributed by atoms with Gasteiger partial charge in [0.25, 0.3) is 0 Å². The summed E-state index contributed by atoms with van der Waals surface area (Å²) < 4.78 is 0. The predicted octanol–water partition coefficient (Wildman–Crippen LogP) is 2.64. The van der Waals surface area contributed by atoms with Crippen LogP contribution in [0.4, 0.5) is 5.69 Å². The van der Waals surface area contributed by atoms with E-state index in [0.29, 0.717) is 0 Å². The lowest BCUT2D eigenvalue weighted by Gasteiger charge is -2.05. The fourth-order valence-corrected chi connectivity index (χ4v) is 2.18. The zero-order valence-corrected chi connectivity index (χ0v) is 9.11. The molecule has 0 aliphatic carbocycles. The van der Waals surface area contributed by atoms with Gasteiger partial charge in [0.2, 0.25) is 0 Å². The summed E-state index contributed by atoms with van der Waals surface area (Å²) in [6, 6.07) is 10.9. The minimum Gasteiger partial charge on any atom is -0.384 e. The molecule has 1 aromatic heterocycles. The van der Waals surface area contributed by atoms with Gasteiger partial charge in [-0.1, -0.05) is 12.1 Å². The number of benzene rings is 1. The van der Waals surface area contributed by atoms with Crippen molar-refractivity contribution in [3.8, 4) is 0 Å². The van der Waals surface area contributed by atoms with Crippen LogP contribution in [0, 0.1) is 0 Å². The quantitative estimate of drug-likeness (QED) is 0.824. The molecular weight excluding hydrogens is 196 g/mol. The first-order valence-electron chi connectivity index (χ1n) is 5.66. The lowest BCUT2D eigenvalue weighted by Crippen LogP contribution is -1.92. The van der Waals surface area contributed by atoms with E-state index < -0.39 is 0 Å². The summed E-state index contributed by atoms with van der Waals surface area (Å²) >= 11 is 0. The molecule has 2 heteroatoms. The van der Waals surface area contributed by atoms with Crippen LogP contribution < -0.4 is 5.32 Å². The molecule has 0 unspecified atom stereocenters. The second kappa shape index (κ2) is 3.97. The highest BCUT2D eigenvalue weighted by molar-refractivity contribution is 5.57. The topological polar surface area (TPSA) is 24.9 Å². The third kappa shape index (κ3) is 1.78. The SMILES string of the molecule is c1cc(Cc2ccc3c(c2)NCC3)ccn1. The summed E-state index contributed by atoms with van der Waals surface area (Å²) in [6.07, 6.45) is 5.84. The van der Waals surface area contributed by atoms with Crippen LogP contribution in [0.15, 0.2) is 42.7 Å². The van der Waals surface area contributed by atoms with Crippen LogP contribution in [0.5, 0.6) is 0 Å². The van der Waals surface area contributed by atoms with Crippen molar-refractivity contribution in [3.05, 3.63) is 59.4 Å². The third-order valence-corrected chi connectivity index (χ3v) is 3.04. The monoisotopic (exact) mass is 210 g/mol. The lowest BCUT2D eigenvalue weighted by atomic mass is 10.0. The van der Waals surface area contributed by atoms with Gasteiger partial charge in [0.1, 0.15) is 0 Å². The molecule has 3 rings (SSSR count). The van der Waals surface area contributed by atoms with Crippen LogP contribution in [-0.2, 0) is 12.8 Å². The normalized spacial score (nSPS) is 13.2. The number of hydrogen-bond acceptors (Lipinski definition) is 2. The van der Waals surface area contributed by atoms with Crippen LogP contribution in [0.1, 0.15) is 16.7 Å². The molecule has 16 heavy (non-hydrogen) atoms. The Morgan fingerprint density at radius 3 is 2.81 bits per heavy atom. The fourth-order valence-electron chi connectivity index (χ4n) is 2.18. The van der Waals surface area contributed by atoms with Gasteiger partial charge in [0.15, 0.2) is 0 Å². The van der Waals surface area contributed by atoms with Gasteiger partial charge >= 0.3 is 0 Å². The zero-order chi connectivity index (χ0) is 10.8. The molecule has 0 fully saturated rings. The Morgan fingerprint density at radius 1 is 1.06 bits per heavy atom. The van der Waals surface area contributed by atoms with E-state index in [1.165, 1.54) is 22.4 Å². The maximum absolute atomic E-state index is 4.03. The largest absolute Gasteiger partial charge is 0.384 e. The molecule has 1 N–H and O–H groups in total. The molecular formula is C14H14N2. The Balaban J connectivity index is 1.86. The molecule has 2 heterocycles. The zero-order valence-electron chi connectivity index (χ0n) is 9.11. The molecule has 2 nitrogen and oxygen atoms in total. The molecule has 2 aromatic rings. The van der Waals surface area contributed by atoms with Crippen molar-refractivity contribution < 1.29 is 0 Å². The number of aromatic nitrogens is 1. The van der Waals surface area contributed by atoms with Gasteiger partial charge < -0.3 is 5.32 Å². The molecule has 0 atom stereocenters. The van der Waals surface area contributed by atoms with Crippen molar-refractivity contribution in [3.63, 3.8) is 0 Å². The van der Waals surface area contributed by atoms with Crippen LogP contribution in [-0.4, -0.2) is 11.5 Å². The molecule has 0 spiro atoms. The van der Waals surface area contributed by atoms with E-state index in [9.17, 15) is 0 Å². The summed E-state index contributed by atoms with van der Waals surface area (Å²) in [5.74, 6) is 0. The predicted molar refractivity (Wildman–Crippen MR) is 65.7 cm³/mol. The number of nitrogens with zero attached hydrogens (tertiary/aromatic N) is 1. The molecule has 1 aliphatic heterocycles. The van der Waals surface area contributed by atoms with Gasteiger partial charge in [-0.25, -0.2) is 0 Å². The summed E-state index contributed by atoms with van der Waals surface area (Å²) in [5, 5.41) is 3.41. The van der Waals surface area contributed by atoms with Gasteiger partial charge in [-0.15, -0.1) is 0 Å². The van der Waals surface area contributed by atoms with E-state index in [1.807, 2.05) is 12.4 Å². The third-order valence-electron chi connectivity index (χ3n) is 3.04. The van der Waals surface area contributed by atoms with E-state index in [2.05, 4.69) is 40.6 Å². The molecule has 0 radical (unpaired) electrons. The minimum atomic E-state index is 0.984. The first-order valence-corrected chi connectivity index (χ1v) is 5.66. The molecule has 1 aromatic carbocycles. The molecule has 0 saturated heterocycles. The van der Waals surface area contributed by atoms with E-state index in [0.717, 1.165) is 19.4 Å². The minimum absolute atomic E-state index is 0.984. The Bertz CT molecular complexity index is 491. The highest BCUT2D eigenvalue weighted by Crippen LogP contribution is 2.24. The first kappa shape index (κ1) is 9.40. The maximum atomic E-state index is 4.03. The number of nitrogens with one attached hydrogen (secondary N) is 1. The maximum Gasteiger partial charge on any atom is 0.0376 e. The van der Waals surface area contributed by atoms with Crippen LogP contribution in [0.3, 0.4) is 0 Å². The second-order valence-corrected chi connectivity index (χ2v) is 4.20. The first-order chi connectivity index (χ1) is 7.92. The number of hydrogen-bond donors (Lipinski definition) is 1. The Morgan fingerprint density at radius 2 is 1.94 bits per heavy atom. The van der Waals surface area contributed by atoms with Crippen molar-refractivity contribution in [1.82, 2.24) is 4.98 Å². The fraction of sp³-hybridized carbons (Fsp3) is 0.214. The second-order valence-electron chi connectivity index (χ2n) is 4.20. The van der Waals surface area contributed by atoms with Crippen molar-refractivity contribution in [2.24, 2.45) is 0 Å². The molecule has 0 bridgehead atoms. The Kier molecular flexibility index (Phi) is 2.33. The van der Waals surface area contributed by atoms with E-state index >= 15 is 0 Å². The van der Waals surface area contributed by atoms with Gasteiger partial charge in [-0.3, -0.25) is 4.98 Å². The van der Waals surface area contributed by atoms with Crippen LogP contribution in [0.25, 0.3) is 0 Å². The lowest BCUT2D eigenvalue weighted by molar-refractivity contribution is 1.10. The van der Waals surface area contributed by atoms with Gasteiger partial charge in [0, 0.05) is 24.6 Å². The smallest absolute Gasteiger partial charge is 0.0376 e. The van der Waals surface area contributed by atoms with Gasteiger partial charge in [-0.2, -0.15) is 0 Å². The molecule has 0 saturated carbocycles. The average Bonchev–Trinajstić information content (AvgIpc) is 2.77. The van der Waals surface area contributed by atoms with E-state index in [4.69, 9.17) is 0 Å².